The molecule has 0 aliphatic rings. The van der Waals surface area contributed by atoms with E-state index in [1.807, 2.05) is 30.3 Å². The van der Waals surface area contributed by atoms with E-state index in [4.69, 9.17) is 4.42 Å². The fourth-order valence-electron chi connectivity index (χ4n) is 2.19. The molecule has 2 aromatic rings. The first-order valence-electron chi connectivity index (χ1n) is 7.64. The molecule has 0 unspecified atom stereocenters. The van der Waals surface area contributed by atoms with Crippen LogP contribution < -0.4 is 5.32 Å². The van der Waals surface area contributed by atoms with E-state index in [9.17, 15) is 0 Å². The van der Waals surface area contributed by atoms with Crippen molar-refractivity contribution in [1.82, 2.24) is 20.4 Å². The summed E-state index contributed by atoms with van der Waals surface area (Å²) in [6.45, 7) is 9.32. The van der Waals surface area contributed by atoms with Gasteiger partial charge in [0.25, 0.3) is 0 Å². The van der Waals surface area contributed by atoms with E-state index in [2.05, 4.69) is 34.3 Å². The topological polar surface area (TPSA) is 54.2 Å². The minimum atomic E-state index is 0.579. The van der Waals surface area contributed by atoms with Gasteiger partial charge in [-0.05, 0) is 44.7 Å². The third kappa shape index (κ3) is 4.95. The second kappa shape index (κ2) is 8.54. The third-order valence-electron chi connectivity index (χ3n) is 3.49. The highest BCUT2D eigenvalue weighted by molar-refractivity contribution is 5.51. The average Bonchev–Trinajstić information content (AvgIpc) is 3.01. The van der Waals surface area contributed by atoms with E-state index in [0.29, 0.717) is 18.3 Å². The van der Waals surface area contributed by atoms with Gasteiger partial charge in [-0.2, -0.15) is 0 Å². The molecule has 2 rings (SSSR count). The highest BCUT2D eigenvalue weighted by atomic mass is 16.4. The number of nitrogens with zero attached hydrogens (tertiary/aromatic N) is 3. The standard InChI is InChI=1S/C16H24N4O/c1-3-20(4-2)12-8-11-17-13-15-18-19-16(21-15)14-9-6-5-7-10-14/h5-7,9-10,17H,3-4,8,11-13H2,1-2H3. The van der Waals surface area contributed by atoms with Crippen molar-refractivity contribution in [3.8, 4) is 11.5 Å². The Bertz CT molecular complexity index is 508. The van der Waals surface area contributed by atoms with Gasteiger partial charge in [-0.1, -0.05) is 32.0 Å². The van der Waals surface area contributed by atoms with Crippen LogP contribution >= 0.6 is 0 Å². The van der Waals surface area contributed by atoms with E-state index in [1.165, 1.54) is 0 Å². The van der Waals surface area contributed by atoms with Crippen molar-refractivity contribution in [3.05, 3.63) is 36.2 Å². The van der Waals surface area contributed by atoms with Gasteiger partial charge in [0.1, 0.15) is 0 Å². The molecule has 1 aromatic carbocycles. The molecule has 0 bridgehead atoms. The molecular weight excluding hydrogens is 264 g/mol. The van der Waals surface area contributed by atoms with Crippen LogP contribution in [0.1, 0.15) is 26.2 Å². The van der Waals surface area contributed by atoms with Crippen LogP contribution in [0.2, 0.25) is 0 Å². The van der Waals surface area contributed by atoms with Crippen molar-refractivity contribution in [2.45, 2.75) is 26.8 Å². The minimum absolute atomic E-state index is 0.579. The molecule has 21 heavy (non-hydrogen) atoms. The van der Waals surface area contributed by atoms with Gasteiger partial charge in [0.15, 0.2) is 0 Å². The molecule has 5 heteroatoms. The fourth-order valence-corrected chi connectivity index (χ4v) is 2.19. The molecule has 0 saturated heterocycles. The summed E-state index contributed by atoms with van der Waals surface area (Å²) in [5.41, 5.74) is 0.956. The Balaban J connectivity index is 1.71. The highest BCUT2D eigenvalue weighted by Crippen LogP contribution is 2.16. The Morgan fingerprint density at radius 2 is 1.86 bits per heavy atom. The normalized spacial score (nSPS) is 11.2. The summed E-state index contributed by atoms with van der Waals surface area (Å²) < 4.78 is 5.64. The van der Waals surface area contributed by atoms with Gasteiger partial charge in [-0.25, -0.2) is 0 Å². The lowest BCUT2D eigenvalue weighted by molar-refractivity contribution is 0.297. The Kier molecular flexibility index (Phi) is 6.37. The Morgan fingerprint density at radius 1 is 1.10 bits per heavy atom. The van der Waals surface area contributed by atoms with Crippen molar-refractivity contribution in [3.63, 3.8) is 0 Å². The fraction of sp³-hybridized carbons (Fsp3) is 0.500. The Morgan fingerprint density at radius 3 is 2.57 bits per heavy atom. The lowest BCUT2D eigenvalue weighted by Gasteiger charge is -2.17. The molecule has 0 aliphatic carbocycles. The zero-order valence-corrected chi connectivity index (χ0v) is 12.9. The summed E-state index contributed by atoms with van der Waals surface area (Å²) in [6.07, 6.45) is 1.13. The van der Waals surface area contributed by atoms with Crippen molar-refractivity contribution >= 4 is 0 Å². The molecule has 0 radical (unpaired) electrons. The number of hydrogen-bond donors (Lipinski definition) is 1. The summed E-state index contributed by atoms with van der Waals surface area (Å²) in [7, 11) is 0. The van der Waals surface area contributed by atoms with Gasteiger partial charge < -0.3 is 14.6 Å². The van der Waals surface area contributed by atoms with Crippen LogP contribution in [-0.2, 0) is 6.54 Å². The molecule has 0 spiro atoms. The van der Waals surface area contributed by atoms with Gasteiger partial charge in [0, 0.05) is 5.56 Å². The second-order valence-electron chi connectivity index (χ2n) is 4.92. The summed E-state index contributed by atoms with van der Waals surface area (Å²) in [5, 5.41) is 11.5. The average molecular weight is 288 g/mol. The molecule has 5 nitrogen and oxygen atoms in total. The van der Waals surface area contributed by atoms with Crippen molar-refractivity contribution < 1.29 is 4.42 Å². The third-order valence-corrected chi connectivity index (χ3v) is 3.49. The first kappa shape index (κ1) is 15.7. The predicted octanol–water partition coefficient (Wildman–Crippen LogP) is 2.56. The highest BCUT2D eigenvalue weighted by Gasteiger charge is 2.07. The Labute approximate surface area is 126 Å². The summed E-state index contributed by atoms with van der Waals surface area (Å²) >= 11 is 0. The zero-order valence-electron chi connectivity index (χ0n) is 12.9. The molecule has 1 N–H and O–H groups in total. The van der Waals surface area contributed by atoms with Crippen LogP contribution in [0.4, 0.5) is 0 Å². The molecule has 114 valence electrons. The van der Waals surface area contributed by atoms with Crippen LogP contribution in [0.15, 0.2) is 34.7 Å². The van der Waals surface area contributed by atoms with E-state index in [-0.39, 0.29) is 0 Å². The number of rotatable bonds is 9. The first-order chi connectivity index (χ1) is 10.3. The van der Waals surface area contributed by atoms with Crippen molar-refractivity contribution in [2.75, 3.05) is 26.2 Å². The van der Waals surface area contributed by atoms with Gasteiger partial charge in [-0.3, -0.25) is 0 Å². The minimum Gasteiger partial charge on any atom is -0.419 e. The predicted molar refractivity (Wildman–Crippen MR) is 83.8 cm³/mol. The summed E-state index contributed by atoms with van der Waals surface area (Å²) in [6, 6.07) is 9.83. The number of aromatic nitrogens is 2. The molecule has 1 aromatic heterocycles. The van der Waals surface area contributed by atoms with Crippen LogP contribution in [0, 0.1) is 0 Å². The van der Waals surface area contributed by atoms with Gasteiger partial charge in [0.2, 0.25) is 11.8 Å². The van der Waals surface area contributed by atoms with E-state index in [1.54, 1.807) is 0 Å². The maximum Gasteiger partial charge on any atom is 0.247 e. The maximum absolute atomic E-state index is 5.64. The van der Waals surface area contributed by atoms with E-state index < -0.39 is 0 Å². The molecule has 1 heterocycles. The van der Waals surface area contributed by atoms with Crippen molar-refractivity contribution in [1.29, 1.82) is 0 Å². The van der Waals surface area contributed by atoms with Gasteiger partial charge in [-0.15, -0.1) is 10.2 Å². The van der Waals surface area contributed by atoms with Crippen LogP contribution in [0.5, 0.6) is 0 Å². The molecule has 0 fully saturated rings. The summed E-state index contributed by atoms with van der Waals surface area (Å²) in [4.78, 5) is 2.42. The van der Waals surface area contributed by atoms with Gasteiger partial charge >= 0.3 is 0 Å². The van der Waals surface area contributed by atoms with Gasteiger partial charge in [0.05, 0.1) is 6.54 Å². The number of benzene rings is 1. The van der Waals surface area contributed by atoms with E-state index in [0.717, 1.165) is 38.2 Å². The molecule has 0 amide bonds. The zero-order chi connectivity index (χ0) is 14.9. The molecular formula is C16H24N4O. The van der Waals surface area contributed by atoms with Crippen LogP contribution in [-0.4, -0.2) is 41.3 Å². The lowest BCUT2D eigenvalue weighted by atomic mass is 10.2. The smallest absolute Gasteiger partial charge is 0.247 e. The quantitative estimate of drug-likeness (QED) is 0.719. The summed E-state index contributed by atoms with van der Waals surface area (Å²) in [5.74, 6) is 1.22. The second-order valence-corrected chi connectivity index (χ2v) is 4.92. The number of hydrogen-bond acceptors (Lipinski definition) is 5. The van der Waals surface area contributed by atoms with E-state index >= 15 is 0 Å². The largest absolute Gasteiger partial charge is 0.419 e. The number of nitrogens with one attached hydrogen (secondary N) is 1. The maximum atomic E-state index is 5.64. The monoisotopic (exact) mass is 288 g/mol. The van der Waals surface area contributed by atoms with Crippen molar-refractivity contribution in [2.24, 2.45) is 0 Å². The Hall–Kier alpha value is -1.72. The SMILES string of the molecule is CCN(CC)CCCNCc1nnc(-c2ccccc2)o1. The molecule has 0 aliphatic heterocycles. The first-order valence-corrected chi connectivity index (χ1v) is 7.64. The van der Waals surface area contributed by atoms with Crippen LogP contribution in [0.25, 0.3) is 11.5 Å². The molecule has 0 atom stereocenters. The molecule has 0 saturated carbocycles. The van der Waals surface area contributed by atoms with Crippen LogP contribution in [0.3, 0.4) is 0 Å². The lowest BCUT2D eigenvalue weighted by Crippen LogP contribution is -2.27.